The van der Waals surface area contributed by atoms with Crippen LogP contribution in [0.15, 0.2) is 24.3 Å². The Kier molecular flexibility index (Phi) is 5.36. The molecule has 1 heterocycles. The van der Waals surface area contributed by atoms with E-state index in [0.717, 1.165) is 30.2 Å². The first kappa shape index (κ1) is 16.3. The lowest BCUT2D eigenvalue weighted by Crippen LogP contribution is -2.08. The van der Waals surface area contributed by atoms with Gasteiger partial charge in [-0.05, 0) is 37.3 Å². The first-order chi connectivity index (χ1) is 10.5. The van der Waals surface area contributed by atoms with Gasteiger partial charge in [0.15, 0.2) is 0 Å². The topological polar surface area (TPSA) is 49.8 Å². The van der Waals surface area contributed by atoms with Crippen LogP contribution < -0.4 is 10.6 Å². The van der Waals surface area contributed by atoms with Gasteiger partial charge in [0.2, 0.25) is 5.95 Å². The van der Waals surface area contributed by atoms with Crippen molar-refractivity contribution in [1.29, 1.82) is 0 Å². The van der Waals surface area contributed by atoms with E-state index in [9.17, 15) is 0 Å². The van der Waals surface area contributed by atoms with Gasteiger partial charge in [0, 0.05) is 24.0 Å². The molecule has 0 aliphatic heterocycles. The van der Waals surface area contributed by atoms with Gasteiger partial charge >= 0.3 is 0 Å². The van der Waals surface area contributed by atoms with Gasteiger partial charge in [-0.3, -0.25) is 0 Å². The number of nitrogens with zero attached hydrogens (tertiary/aromatic N) is 2. The molecule has 0 fully saturated rings. The Morgan fingerprint density at radius 2 is 1.91 bits per heavy atom. The normalized spacial score (nSPS) is 10.8. The van der Waals surface area contributed by atoms with E-state index in [1.54, 1.807) is 0 Å². The van der Waals surface area contributed by atoms with E-state index in [2.05, 4.69) is 66.5 Å². The third-order valence-electron chi connectivity index (χ3n) is 3.57. The summed E-state index contributed by atoms with van der Waals surface area (Å²) in [6, 6.07) is 8.38. The number of hydrogen-bond acceptors (Lipinski definition) is 4. The summed E-state index contributed by atoms with van der Waals surface area (Å²) >= 11 is 0. The van der Waals surface area contributed by atoms with Crippen LogP contribution >= 0.6 is 0 Å². The van der Waals surface area contributed by atoms with Crippen molar-refractivity contribution in [3.63, 3.8) is 0 Å². The van der Waals surface area contributed by atoms with Gasteiger partial charge in [0.25, 0.3) is 0 Å². The number of para-hydroxylation sites is 1. The molecule has 2 rings (SSSR count). The second kappa shape index (κ2) is 7.25. The zero-order valence-corrected chi connectivity index (χ0v) is 14.2. The maximum atomic E-state index is 4.57. The molecule has 0 aliphatic rings. The van der Waals surface area contributed by atoms with E-state index in [1.165, 1.54) is 11.1 Å². The second-order valence-electron chi connectivity index (χ2n) is 5.96. The van der Waals surface area contributed by atoms with Crippen LogP contribution in [0.1, 0.15) is 49.9 Å². The van der Waals surface area contributed by atoms with Gasteiger partial charge in [-0.15, -0.1) is 0 Å². The van der Waals surface area contributed by atoms with E-state index < -0.39 is 0 Å². The van der Waals surface area contributed by atoms with Crippen LogP contribution in [0.5, 0.6) is 0 Å². The maximum Gasteiger partial charge on any atom is 0.224 e. The van der Waals surface area contributed by atoms with Gasteiger partial charge in [-0.25, -0.2) is 4.98 Å². The lowest BCUT2D eigenvalue weighted by Gasteiger charge is -2.17. The highest BCUT2D eigenvalue weighted by Crippen LogP contribution is 2.30. The minimum Gasteiger partial charge on any atom is -0.354 e. The van der Waals surface area contributed by atoms with Gasteiger partial charge in [-0.2, -0.15) is 4.98 Å². The van der Waals surface area contributed by atoms with Crippen LogP contribution in [0, 0.1) is 13.8 Å². The van der Waals surface area contributed by atoms with Crippen molar-refractivity contribution in [2.45, 2.75) is 47.0 Å². The molecule has 0 amide bonds. The van der Waals surface area contributed by atoms with E-state index in [1.807, 2.05) is 13.0 Å². The van der Waals surface area contributed by atoms with Gasteiger partial charge < -0.3 is 10.6 Å². The van der Waals surface area contributed by atoms with Crippen LogP contribution in [0.4, 0.5) is 17.5 Å². The summed E-state index contributed by atoms with van der Waals surface area (Å²) in [6.45, 7) is 11.5. The SMILES string of the molecule is CCCNc1nc(C)cc(Nc2c(C)cccc2C(C)C)n1. The molecule has 118 valence electrons. The number of aromatic nitrogens is 2. The van der Waals surface area contributed by atoms with Gasteiger partial charge in [-0.1, -0.05) is 39.0 Å². The highest BCUT2D eigenvalue weighted by molar-refractivity contribution is 5.66. The number of benzene rings is 1. The smallest absolute Gasteiger partial charge is 0.224 e. The molecule has 0 atom stereocenters. The first-order valence-electron chi connectivity index (χ1n) is 7.97. The average molecular weight is 298 g/mol. The Morgan fingerprint density at radius 3 is 2.59 bits per heavy atom. The lowest BCUT2D eigenvalue weighted by atomic mass is 9.98. The Hall–Kier alpha value is -2.10. The average Bonchev–Trinajstić information content (AvgIpc) is 2.46. The Balaban J connectivity index is 2.33. The highest BCUT2D eigenvalue weighted by Gasteiger charge is 2.10. The van der Waals surface area contributed by atoms with Gasteiger partial charge in [0.1, 0.15) is 5.82 Å². The summed E-state index contributed by atoms with van der Waals surface area (Å²) in [5, 5.41) is 6.74. The van der Waals surface area contributed by atoms with Crippen molar-refractivity contribution < 1.29 is 0 Å². The monoisotopic (exact) mass is 298 g/mol. The fourth-order valence-electron chi connectivity index (χ4n) is 2.42. The number of anilines is 3. The molecule has 4 heteroatoms. The Morgan fingerprint density at radius 1 is 1.14 bits per heavy atom. The predicted molar refractivity (Wildman–Crippen MR) is 94.1 cm³/mol. The molecule has 0 aliphatic carbocycles. The van der Waals surface area contributed by atoms with Crippen LogP contribution in [0.3, 0.4) is 0 Å². The second-order valence-corrected chi connectivity index (χ2v) is 5.96. The van der Waals surface area contributed by atoms with Crippen molar-refractivity contribution in [3.05, 3.63) is 41.1 Å². The molecular weight excluding hydrogens is 272 g/mol. The lowest BCUT2D eigenvalue weighted by molar-refractivity contribution is 0.867. The van der Waals surface area contributed by atoms with Crippen molar-refractivity contribution in [2.75, 3.05) is 17.2 Å². The van der Waals surface area contributed by atoms with E-state index in [4.69, 9.17) is 0 Å². The molecule has 2 aromatic rings. The fourth-order valence-corrected chi connectivity index (χ4v) is 2.42. The van der Waals surface area contributed by atoms with Crippen molar-refractivity contribution in [2.24, 2.45) is 0 Å². The largest absolute Gasteiger partial charge is 0.354 e. The maximum absolute atomic E-state index is 4.57. The van der Waals surface area contributed by atoms with E-state index in [0.29, 0.717) is 11.9 Å². The number of rotatable bonds is 6. The molecule has 1 aromatic carbocycles. The molecule has 2 N–H and O–H groups in total. The molecule has 22 heavy (non-hydrogen) atoms. The van der Waals surface area contributed by atoms with Crippen LogP contribution in [-0.2, 0) is 0 Å². The van der Waals surface area contributed by atoms with Crippen LogP contribution in [-0.4, -0.2) is 16.5 Å². The van der Waals surface area contributed by atoms with Crippen LogP contribution in [0.2, 0.25) is 0 Å². The van der Waals surface area contributed by atoms with Crippen molar-refractivity contribution in [1.82, 2.24) is 9.97 Å². The van der Waals surface area contributed by atoms with Crippen molar-refractivity contribution >= 4 is 17.5 Å². The number of aryl methyl sites for hydroxylation is 2. The minimum absolute atomic E-state index is 0.461. The third kappa shape index (κ3) is 3.97. The fraction of sp³-hybridized carbons (Fsp3) is 0.444. The molecule has 4 nitrogen and oxygen atoms in total. The zero-order valence-electron chi connectivity index (χ0n) is 14.2. The molecular formula is C18H26N4. The first-order valence-corrected chi connectivity index (χ1v) is 7.97. The zero-order chi connectivity index (χ0) is 16.1. The summed E-state index contributed by atoms with van der Waals surface area (Å²) < 4.78 is 0. The molecule has 0 saturated carbocycles. The molecule has 0 saturated heterocycles. The van der Waals surface area contributed by atoms with Crippen molar-refractivity contribution in [3.8, 4) is 0 Å². The number of hydrogen-bond donors (Lipinski definition) is 2. The molecule has 1 aromatic heterocycles. The summed E-state index contributed by atoms with van der Waals surface area (Å²) in [7, 11) is 0. The third-order valence-corrected chi connectivity index (χ3v) is 3.57. The standard InChI is InChI=1S/C18H26N4/c1-6-10-19-18-20-14(5)11-16(22-18)21-17-13(4)8-7-9-15(17)12(2)3/h7-9,11-12H,6,10H2,1-5H3,(H2,19,20,21,22). The quantitative estimate of drug-likeness (QED) is 0.805. The summed E-state index contributed by atoms with van der Waals surface area (Å²) in [6.07, 6.45) is 1.05. The molecule has 0 spiro atoms. The van der Waals surface area contributed by atoms with Gasteiger partial charge in [0.05, 0.1) is 0 Å². The summed E-state index contributed by atoms with van der Waals surface area (Å²) in [5.41, 5.74) is 4.64. The Labute approximate surface area is 133 Å². The van der Waals surface area contributed by atoms with Crippen LogP contribution in [0.25, 0.3) is 0 Å². The predicted octanol–water partition coefficient (Wildman–Crippen LogP) is 4.78. The summed E-state index contributed by atoms with van der Waals surface area (Å²) in [4.78, 5) is 9.01. The molecule has 0 radical (unpaired) electrons. The molecule has 0 bridgehead atoms. The molecule has 0 unspecified atom stereocenters. The Bertz CT molecular complexity index is 635. The van der Waals surface area contributed by atoms with E-state index in [-0.39, 0.29) is 0 Å². The number of nitrogens with one attached hydrogen (secondary N) is 2. The summed E-state index contributed by atoms with van der Waals surface area (Å²) in [5.74, 6) is 1.98. The highest BCUT2D eigenvalue weighted by atomic mass is 15.1. The minimum atomic E-state index is 0.461. The van der Waals surface area contributed by atoms with E-state index >= 15 is 0 Å².